The Bertz CT molecular complexity index is 1070. The van der Waals surface area contributed by atoms with Crippen LogP contribution in [0.25, 0.3) is 10.9 Å². The van der Waals surface area contributed by atoms with Crippen LogP contribution >= 0.6 is 0 Å². The number of carbonyl (C=O) groups excluding carboxylic acids is 2. The molecule has 0 radical (unpaired) electrons. The quantitative estimate of drug-likeness (QED) is 0.580. The van der Waals surface area contributed by atoms with E-state index in [9.17, 15) is 19.1 Å². The smallest absolute Gasteiger partial charge is 0.271 e. The van der Waals surface area contributed by atoms with Crippen molar-refractivity contribution in [3.05, 3.63) is 60.1 Å². The van der Waals surface area contributed by atoms with E-state index in [1.165, 1.54) is 35.6 Å². The predicted octanol–water partition coefficient (Wildman–Crippen LogP) is 0.730. The number of ether oxygens (including phenoxy) is 1. The number of β-amino-alcohol motifs (C(OH)–C–C–N with tert-alkyl or cyclic N) is 1. The monoisotopic (exact) mass is 413 g/mol. The zero-order valence-corrected chi connectivity index (χ0v) is 16.0. The van der Waals surface area contributed by atoms with Crippen LogP contribution in [0.4, 0.5) is 4.39 Å². The molecular weight excluding hydrogens is 393 g/mol. The fourth-order valence-corrected chi connectivity index (χ4v) is 3.33. The summed E-state index contributed by atoms with van der Waals surface area (Å²) >= 11 is 0. The fraction of sp³-hybridized carbons (Fsp3) is 0.300. The van der Waals surface area contributed by atoms with Gasteiger partial charge in [-0.15, -0.1) is 0 Å². The number of aliphatic hydroxyl groups is 1. The summed E-state index contributed by atoms with van der Waals surface area (Å²) < 4.78 is 18.9. The van der Waals surface area contributed by atoms with E-state index >= 15 is 0 Å². The summed E-state index contributed by atoms with van der Waals surface area (Å²) in [4.78, 5) is 37.3. The zero-order valence-electron chi connectivity index (χ0n) is 16.0. The Morgan fingerprint density at radius 1 is 1.33 bits per heavy atom. The number of rotatable bonds is 4. The van der Waals surface area contributed by atoms with Crippen LogP contribution in [0.5, 0.6) is 0 Å². The van der Waals surface area contributed by atoms with Crippen molar-refractivity contribution in [2.24, 2.45) is 0 Å². The average Bonchev–Trinajstić information content (AvgIpc) is 3.07. The van der Waals surface area contributed by atoms with Crippen LogP contribution in [0.1, 0.15) is 21.0 Å². The van der Waals surface area contributed by atoms with Gasteiger partial charge in [-0.05, 0) is 24.3 Å². The highest BCUT2D eigenvalue weighted by molar-refractivity contribution is 5.98. The topological polar surface area (TPSA) is 120 Å². The van der Waals surface area contributed by atoms with E-state index in [2.05, 4.69) is 20.3 Å². The standard InChI is InChI=1S/C20H20FN5O4/c21-14-2-1-13-7-16(25-15(13)8-14)19(28)26-5-6-30-12-20(29,11-26)10-24-18(27)17-9-22-3-4-23-17/h1-4,7-9,25,29H,5-6,10-12H2,(H,24,27)/t20-/m1/s1. The number of aromatic nitrogens is 3. The summed E-state index contributed by atoms with van der Waals surface area (Å²) in [6.45, 7) is 0.278. The number of aromatic amines is 1. The summed E-state index contributed by atoms with van der Waals surface area (Å²) in [5.41, 5.74) is -0.574. The molecule has 10 heteroatoms. The van der Waals surface area contributed by atoms with E-state index < -0.39 is 17.3 Å². The molecule has 4 rings (SSSR count). The normalized spacial score (nSPS) is 19.5. The van der Waals surface area contributed by atoms with Crippen molar-refractivity contribution < 1.29 is 23.8 Å². The minimum Gasteiger partial charge on any atom is -0.384 e. The van der Waals surface area contributed by atoms with Gasteiger partial charge in [0.05, 0.1) is 32.5 Å². The SMILES string of the molecule is O=C(NC[C@]1(O)COCCN(C(=O)c2cc3ccc(F)cc3[nH]2)C1)c1cnccn1. The van der Waals surface area contributed by atoms with Gasteiger partial charge in [-0.25, -0.2) is 9.37 Å². The lowest BCUT2D eigenvalue weighted by Gasteiger charge is -2.30. The first-order valence-electron chi connectivity index (χ1n) is 9.35. The van der Waals surface area contributed by atoms with Gasteiger partial charge >= 0.3 is 0 Å². The maximum absolute atomic E-state index is 13.4. The van der Waals surface area contributed by atoms with E-state index in [4.69, 9.17) is 4.74 Å². The molecule has 156 valence electrons. The van der Waals surface area contributed by atoms with Gasteiger partial charge in [0.2, 0.25) is 0 Å². The highest BCUT2D eigenvalue weighted by Crippen LogP contribution is 2.20. The molecule has 0 saturated carbocycles. The lowest BCUT2D eigenvalue weighted by atomic mass is 10.0. The number of nitrogens with zero attached hydrogens (tertiary/aromatic N) is 3. The second kappa shape index (κ2) is 8.17. The van der Waals surface area contributed by atoms with Crippen molar-refractivity contribution in [3.63, 3.8) is 0 Å². The minimum absolute atomic E-state index is 0.0453. The molecule has 1 aliphatic rings. The van der Waals surface area contributed by atoms with E-state index in [0.717, 1.165) is 0 Å². The van der Waals surface area contributed by atoms with Crippen LogP contribution < -0.4 is 5.32 Å². The molecule has 1 aromatic carbocycles. The van der Waals surface area contributed by atoms with E-state index in [1.54, 1.807) is 12.1 Å². The van der Waals surface area contributed by atoms with Gasteiger partial charge in [-0.1, -0.05) is 0 Å². The number of amides is 2. The van der Waals surface area contributed by atoms with Crippen molar-refractivity contribution >= 4 is 22.7 Å². The van der Waals surface area contributed by atoms with Crippen molar-refractivity contribution in [3.8, 4) is 0 Å². The summed E-state index contributed by atoms with van der Waals surface area (Å²) in [6.07, 6.45) is 4.16. The van der Waals surface area contributed by atoms with Gasteiger partial charge in [0.25, 0.3) is 11.8 Å². The summed E-state index contributed by atoms with van der Waals surface area (Å²) in [5.74, 6) is -1.24. The molecule has 1 atom stereocenters. The highest BCUT2D eigenvalue weighted by atomic mass is 19.1. The number of halogens is 1. The summed E-state index contributed by atoms with van der Waals surface area (Å²) in [7, 11) is 0. The molecule has 2 aromatic heterocycles. The van der Waals surface area contributed by atoms with E-state index in [-0.39, 0.29) is 50.1 Å². The number of H-pyrrole nitrogens is 1. The molecule has 0 unspecified atom stereocenters. The molecule has 0 aliphatic carbocycles. The third kappa shape index (κ3) is 4.29. The fourth-order valence-electron chi connectivity index (χ4n) is 3.33. The molecule has 0 spiro atoms. The number of carbonyl (C=O) groups is 2. The van der Waals surface area contributed by atoms with E-state index in [1.807, 2.05) is 0 Å². The maximum Gasteiger partial charge on any atom is 0.271 e. The van der Waals surface area contributed by atoms with Crippen LogP contribution in [-0.4, -0.2) is 75.2 Å². The Morgan fingerprint density at radius 3 is 3.00 bits per heavy atom. The second-order valence-electron chi connectivity index (χ2n) is 7.19. The Hall–Kier alpha value is -3.37. The number of fused-ring (bicyclic) bond motifs is 1. The van der Waals surface area contributed by atoms with Crippen LogP contribution in [-0.2, 0) is 4.74 Å². The van der Waals surface area contributed by atoms with Gasteiger partial charge in [-0.2, -0.15) is 0 Å². The van der Waals surface area contributed by atoms with Crippen LogP contribution in [0.15, 0.2) is 42.9 Å². The van der Waals surface area contributed by atoms with E-state index in [0.29, 0.717) is 10.9 Å². The zero-order chi connectivity index (χ0) is 21.1. The van der Waals surface area contributed by atoms with Gasteiger partial charge < -0.3 is 25.0 Å². The lowest BCUT2D eigenvalue weighted by Crippen LogP contribution is -2.53. The largest absolute Gasteiger partial charge is 0.384 e. The Kier molecular flexibility index (Phi) is 5.42. The number of nitrogens with one attached hydrogen (secondary N) is 2. The second-order valence-corrected chi connectivity index (χ2v) is 7.19. The van der Waals surface area contributed by atoms with Gasteiger partial charge in [0.1, 0.15) is 22.8 Å². The first kappa shape index (κ1) is 19.9. The molecule has 3 heterocycles. The molecule has 3 aromatic rings. The number of benzene rings is 1. The molecule has 3 N–H and O–H groups in total. The predicted molar refractivity (Wildman–Crippen MR) is 104 cm³/mol. The molecule has 30 heavy (non-hydrogen) atoms. The molecular formula is C20H20FN5O4. The first-order chi connectivity index (χ1) is 14.4. The average molecular weight is 413 g/mol. The molecule has 1 fully saturated rings. The maximum atomic E-state index is 13.4. The molecule has 1 aliphatic heterocycles. The van der Waals surface area contributed by atoms with Gasteiger partial charge in [0, 0.05) is 29.8 Å². The Balaban J connectivity index is 1.47. The molecule has 1 saturated heterocycles. The highest BCUT2D eigenvalue weighted by Gasteiger charge is 2.35. The van der Waals surface area contributed by atoms with Crippen molar-refractivity contribution in [2.75, 3.05) is 32.8 Å². The number of hydrogen-bond donors (Lipinski definition) is 3. The molecule has 2 amide bonds. The molecule has 0 bridgehead atoms. The Morgan fingerprint density at radius 2 is 2.20 bits per heavy atom. The van der Waals surface area contributed by atoms with Gasteiger partial charge in [-0.3, -0.25) is 14.6 Å². The Labute approximate surface area is 170 Å². The lowest BCUT2D eigenvalue weighted by molar-refractivity contribution is -0.0324. The summed E-state index contributed by atoms with van der Waals surface area (Å²) in [5, 5.41) is 14.3. The van der Waals surface area contributed by atoms with Crippen molar-refractivity contribution in [1.29, 1.82) is 0 Å². The van der Waals surface area contributed by atoms with Crippen molar-refractivity contribution in [2.45, 2.75) is 5.60 Å². The first-order valence-corrected chi connectivity index (χ1v) is 9.35. The van der Waals surface area contributed by atoms with Crippen LogP contribution in [0.3, 0.4) is 0 Å². The van der Waals surface area contributed by atoms with Gasteiger partial charge in [0.15, 0.2) is 0 Å². The minimum atomic E-state index is -1.48. The molecule has 9 nitrogen and oxygen atoms in total. The summed E-state index contributed by atoms with van der Waals surface area (Å²) in [6, 6.07) is 5.86. The third-order valence-corrected chi connectivity index (χ3v) is 4.84. The van der Waals surface area contributed by atoms with Crippen LogP contribution in [0, 0.1) is 5.82 Å². The van der Waals surface area contributed by atoms with Crippen LogP contribution in [0.2, 0.25) is 0 Å². The van der Waals surface area contributed by atoms with Crippen molar-refractivity contribution in [1.82, 2.24) is 25.2 Å². The number of hydrogen-bond acceptors (Lipinski definition) is 6. The third-order valence-electron chi connectivity index (χ3n) is 4.84.